The molecular formula is C17H23N5O2. The lowest BCUT2D eigenvalue weighted by Crippen LogP contribution is -2.57. The molecule has 7 nitrogen and oxygen atoms in total. The highest BCUT2D eigenvalue weighted by atomic mass is 16.7. The predicted octanol–water partition coefficient (Wildman–Crippen LogP) is 1.95. The van der Waals surface area contributed by atoms with E-state index in [1.54, 1.807) is 6.20 Å². The monoisotopic (exact) mass is 329 g/mol. The second kappa shape index (κ2) is 5.22. The van der Waals surface area contributed by atoms with E-state index in [4.69, 9.17) is 4.84 Å². The fraction of sp³-hybridized carbons (Fsp3) is 0.706. The molecule has 0 bridgehead atoms. The van der Waals surface area contributed by atoms with E-state index in [1.165, 1.54) is 18.6 Å². The molecule has 1 saturated carbocycles. The van der Waals surface area contributed by atoms with Crippen LogP contribution in [-0.4, -0.2) is 63.3 Å². The maximum Gasteiger partial charge on any atom is 0.320 e. The van der Waals surface area contributed by atoms with Gasteiger partial charge >= 0.3 is 6.03 Å². The first-order chi connectivity index (χ1) is 11.7. The van der Waals surface area contributed by atoms with Crippen LogP contribution in [0.3, 0.4) is 0 Å². The molecule has 1 spiro atoms. The topological polar surface area (TPSA) is 73.8 Å². The molecule has 1 aromatic rings. The molecule has 3 aliphatic heterocycles. The summed E-state index contributed by atoms with van der Waals surface area (Å²) in [5.74, 6) is 2.03. The third-order valence-electron chi connectivity index (χ3n) is 5.91. The van der Waals surface area contributed by atoms with Crippen LogP contribution in [0.4, 0.5) is 4.79 Å². The van der Waals surface area contributed by atoms with Crippen molar-refractivity contribution in [3.63, 3.8) is 0 Å². The Labute approximate surface area is 141 Å². The number of amides is 2. The third kappa shape index (κ3) is 2.37. The summed E-state index contributed by atoms with van der Waals surface area (Å²) in [6.07, 6.45) is 8.92. The molecule has 7 heteroatoms. The molecule has 1 N–H and O–H groups in total. The number of H-pyrrole nitrogens is 1. The summed E-state index contributed by atoms with van der Waals surface area (Å²) in [6.45, 7) is 3.07. The van der Waals surface area contributed by atoms with Crippen molar-refractivity contribution >= 4 is 11.7 Å². The van der Waals surface area contributed by atoms with Crippen LogP contribution >= 0.6 is 0 Å². The standard InChI is InChI=1S/C17H23N5O2/c23-16(22-10-13(11-22)15-18-5-6-19-15)21-7-3-17(4-8-21)9-14(20-24-17)12-1-2-12/h5-6,12-13H,1-4,7-11H2,(H,18,19). The summed E-state index contributed by atoms with van der Waals surface area (Å²) in [6, 6.07) is 0.161. The van der Waals surface area contributed by atoms with Gasteiger partial charge in [0.15, 0.2) is 0 Å². The van der Waals surface area contributed by atoms with E-state index in [-0.39, 0.29) is 11.6 Å². The molecule has 4 aliphatic rings. The fourth-order valence-corrected chi connectivity index (χ4v) is 4.07. The highest BCUT2D eigenvalue weighted by molar-refractivity contribution is 5.90. The third-order valence-corrected chi connectivity index (χ3v) is 5.91. The smallest absolute Gasteiger partial charge is 0.320 e. The first-order valence-electron chi connectivity index (χ1n) is 9.00. The summed E-state index contributed by atoms with van der Waals surface area (Å²) in [5.41, 5.74) is 1.14. The second-order valence-electron chi connectivity index (χ2n) is 7.65. The van der Waals surface area contributed by atoms with E-state index < -0.39 is 0 Å². The Hall–Kier alpha value is -2.05. The highest BCUT2D eigenvalue weighted by Crippen LogP contribution is 2.42. The van der Waals surface area contributed by atoms with Crippen LogP contribution in [0.1, 0.15) is 43.8 Å². The highest BCUT2D eigenvalue weighted by Gasteiger charge is 2.47. The lowest BCUT2D eigenvalue weighted by atomic mass is 9.86. The van der Waals surface area contributed by atoms with Crippen LogP contribution < -0.4 is 0 Å². The van der Waals surface area contributed by atoms with Gasteiger partial charge < -0.3 is 19.6 Å². The van der Waals surface area contributed by atoms with E-state index in [1.807, 2.05) is 16.0 Å². The summed E-state index contributed by atoms with van der Waals surface area (Å²) >= 11 is 0. The maximum absolute atomic E-state index is 12.6. The molecular weight excluding hydrogens is 306 g/mol. The van der Waals surface area contributed by atoms with Crippen molar-refractivity contribution in [2.45, 2.75) is 43.6 Å². The number of aromatic nitrogens is 2. The van der Waals surface area contributed by atoms with Crippen molar-refractivity contribution in [1.29, 1.82) is 0 Å². The largest absolute Gasteiger partial charge is 0.389 e. The number of hydrogen-bond donors (Lipinski definition) is 1. The van der Waals surface area contributed by atoms with Crippen LogP contribution in [0.15, 0.2) is 17.5 Å². The number of rotatable bonds is 2. The van der Waals surface area contributed by atoms with Gasteiger partial charge in [-0.25, -0.2) is 9.78 Å². The van der Waals surface area contributed by atoms with E-state index in [9.17, 15) is 4.79 Å². The Morgan fingerprint density at radius 2 is 2.00 bits per heavy atom. The van der Waals surface area contributed by atoms with Gasteiger partial charge in [-0.1, -0.05) is 5.16 Å². The normalized spacial score (nSPS) is 26.2. The Kier molecular flexibility index (Phi) is 3.11. The Morgan fingerprint density at radius 1 is 1.21 bits per heavy atom. The Balaban J connectivity index is 1.13. The maximum atomic E-state index is 12.6. The van der Waals surface area contributed by atoms with E-state index in [0.717, 1.165) is 51.3 Å². The van der Waals surface area contributed by atoms with Gasteiger partial charge in [0, 0.05) is 63.8 Å². The van der Waals surface area contributed by atoms with Crippen molar-refractivity contribution < 1.29 is 9.63 Å². The molecule has 24 heavy (non-hydrogen) atoms. The van der Waals surface area contributed by atoms with Gasteiger partial charge in [-0.2, -0.15) is 0 Å². The molecule has 2 saturated heterocycles. The molecule has 0 aromatic carbocycles. The average Bonchev–Trinajstić information content (AvgIpc) is 3.11. The zero-order valence-electron chi connectivity index (χ0n) is 13.8. The lowest BCUT2D eigenvalue weighted by Gasteiger charge is -2.44. The lowest BCUT2D eigenvalue weighted by molar-refractivity contribution is -0.0577. The van der Waals surface area contributed by atoms with Crippen LogP contribution in [-0.2, 0) is 4.84 Å². The number of carbonyl (C=O) groups is 1. The molecule has 2 amide bonds. The number of likely N-dealkylation sites (tertiary alicyclic amines) is 2. The number of oxime groups is 1. The molecule has 3 fully saturated rings. The van der Waals surface area contributed by atoms with E-state index in [0.29, 0.717) is 11.8 Å². The van der Waals surface area contributed by atoms with Gasteiger partial charge in [-0.15, -0.1) is 0 Å². The quantitative estimate of drug-likeness (QED) is 0.901. The second-order valence-corrected chi connectivity index (χ2v) is 7.65. The van der Waals surface area contributed by atoms with Gasteiger partial charge in [0.05, 0.1) is 11.6 Å². The van der Waals surface area contributed by atoms with Crippen molar-refractivity contribution in [1.82, 2.24) is 19.8 Å². The van der Waals surface area contributed by atoms with E-state index >= 15 is 0 Å². The predicted molar refractivity (Wildman–Crippen MR) is 87.7 cm³/mol. The van der Waals surface area contributed by atoms with Crippen LogP contribution in [0.25, 0.3) is 0 Å². The Morgan fingerprint density at radius 3 is 2.67 bits per heavy atom. The number of hydrogen-bond acceptors (Lipinski definition) is 4. The summed E-state index contributed by atoms with van der Waals surface area (Å²) in [7, 11) is 0. The fourth-order valence-electron chi connectivity index (χ4n) is 4.07. The van der Waals surface area contributed by atoms with Crippen LogP contribution in [0.5, 0.6) is 0 Å². The van der Waals surface area contributed by atoms with Gasteiger partial charge in [-0.3, -0.25) is 0 Å². The number of carbonyl (C=O) groups excluding carboxylic acids is 1. The molecule has 1 aromatic heterocycles. The van der Waals surface area contributed by atoms with Crippen molar-refractivity contribution in [3.05, 3.63) is 18.2 Å². The van der Waals surface area contributed by atoms with Gasteiger partial charge in [-0.05, 0) is 12.8 Å². The molecule has 0 atom stereocenters. The van der Waals surface area contributed by atoms with Crippen LogP contribution in [0.2, 0.25) is 0 Å². The first kappa shape index (κ1) is 14.3. The minimum Gasteiger partial charge on any atom is -0.389 e. The summed E-state index contributed by atoms with van der Waals surface area (Å²) < 4.78 is 0. The molecule has 0 radical (unpaired) electrons. The number of imidazole rings is 1. The minimum absolute atomic E-state index is 0.125. The first-order valence-corrected chi connectivity index (χ1v) is 9.00. The van der Waals surface area contributed by atoms with Crippen molar-refractivity contribution in [3.8, 4) is 0 Å². The average molecular weight is 329 g/mol. The van der Waals surface area contributed by atoms with Gasteiger partial charge in [0.2, 0.25) is 0 Å². The minimum atomic E-state index is -0.125. The zero-order valence-corrected chi connectivity index (χ0v) is 13.8. The summed E-state index contributed by atoms with van der Waals surface area (Å²) in [4.78, 5) is 29.8. The number of urea groups is 1. The number of nitrogens with one attached hydrogen (secondary N) is 1. The SMILES string of the molecule is O=C(N1CCC2(CC1)CC(C1CC1)=NO2)N1CC(c2ncc[nH]2)C1. The van der Waals surface area contributed by atoms with Gasteiger partial charge in [0.25, 0.3) is 0 Å². The van der Waals surface area contributed by atoms with Crippen LogP contribution in [0, 0.1) is 5.92 Å². The number of nitrogens with zero attached hydrogens (tertiary/aromatic N) is 4. The molecule has 5 rings (SSSR count). The van der Waals surface area contributed by atoms with E-state index in [2.05, 4.69) is 15.1 Å². The Bertz CT molecular complexity index is 653. The van der Waals surface area contributed by atoms with Crippen molar-refractivity contribution in [2.75, 3.05) is 26.2 Å². The molecule has 0 unspecified atom stereocenters. The number of aromatic amines is 1. The molecule has 4 heterocycles. The number of piperidine rings is 1. The molecule has 128 valence electrons. The van der Waals surface area contributed by atoms with Crippen molar-refractivity contribution in [2.24, 2.45) is 11.1 Å². The summed E-state index contributed by atoms with van der Waals surface area (Å²) in [5, 5.41) is 4.34. The molecule has 1 aliphatic carbocycles. The zero-order chi connectivity index (χ0) is 16.1. The van der Waals surface area contributed by atoms with Gasteiger partial charge in [0.1, 0.15) is 11.4 Å².